The Kier molecular flexibility index (Phi) is 5.37. The monoisotopic (exact) mass is 435 g/mol. The molecule has 0 fully saturated rings. The van der Waals surface area contributed by atoms with Gasteiger partial charge in [-0.05, 0) is 61.4 Å². The normalized spacial score (nSPS) is 13.0. The Morgan fingerprint density at radius 3 is 2.29 bits per heavy atom. The highest BCUT2D eigenvalue weighted by Crippen LogP contribution is 2.34. The molecular weight excluding hydrogens is 414 g/mol. The van der Waals surface area contributed by atoms with Crippen molar-refractivity contribution in [2.75, 3.05) is 18.0 Å². The molecule has 0 bridgehead atoms. The number of carbonyl (C=O) groups excluding carboxylic acids is 2. The average Bonchev–Trinajstić information content (AvgIpc) is 3.22. The van der Waals surface area contributed by atoms with Crippen LogP contribution in [0.2, 0.25) is 0 Å². The summed E-state index contributed by atoms with van der Waals surface area (Å²) in [6.07, 6.45) is 0.518. The highest BCUT2D eigenvalue weighted by atomic mass is 32.2. The Labute approximate surface area is 181 Å². The highest BCUT2D eigenvalue weighted by Gasteiger charge is 2.31. The maximum absolute atomic E-state index is 13.1. The molecule has 3 aromatic rings. The number of carbonyl (C=O) groups is 2. The number of anilines is 1. The summed E-state index contributed by atoms with van der Waals surface area (Å²) in [7, 11) is -2.39. The maximum atomic E-state index is 13.1. The minimum atomic E-state index is -3.68. The quantitative estimate of drug-likeness (QED) is 0.450. The van der Waals surface area contributed by atoms with Gasteiger partial charge < -0.3 is 4.74 Å². The summed E-state index contributed by atoms with van der Waals surface area (Å²) in [5.41, 5.74) is 3.47. The van der Waals surface area contributed by atoms with E-state index in [1.807, 2.05) is 6.92 Å². The fourth-order valence-corrected chi connectivity index (χ4v) is 5.18. The van der Waals surface area contributed by atoms with E-state index in [0.29, 0.717) is 35.3 Å². The fraction of sp³-hybridized carbons (Fsp3) is 0.167. The van der Waals surface area contributed by atoms with Crippen LogP contribution in [-0.4, -0.2) is 33.8 Å². The molecule has 0 spiro atoms. The number of hydrogen-bond donors (Lipinski definition) is 0. The van der Waals surface area contributed by atoms with Gasteiger partial charge in [-0.25, -0.2) is 13.2 Å². The number of esters is 1. The lowest BCUT2D eigenvalue weighted by molar-refractivity contribution is 0.0600. The molecule has 0 aromatic heterocycles. The van der Waals surface area contributed by atoms with Crippen LogP contribution in [0.15, 0.2) is 71.6 Å². The van der Waals surface area contributed by atoms with E-state index in [1.165, 1.54) is 17.5 Å². The van der Waals surface area contributed by atoms with E-state index in [1.54, 1.807) is 60.7 Å². The van der Waals surface area contributed by atoms with Gasteiger partial charge in [-0.2, -0.15) is 0 Å². The van der Waals surface area contributed by atoms with Crippen molar-refractivity contribution < 1.29 is 22.7 Å². The number of benzene rings is 3. The molecule has 0 aliphatic carbocycles. The Morgan fingerprint density at radius 2 is 1.58 bits per heavy atom. The Balaban J connectivity index is 1.64. The van der Waals surface area contributed by atoms with Crippen LogP contribution in [0.5, 0.6) is 0 Å². The first kappa shape index (κ1) is 20.8. The Morgan fingerprint density at radius 1 is 0.903 bits per heavy atom. The average molecular weight is 436 g/mol. The number of aryl methyl sites for hydroxylation is 1. The minimum absolute atomic E-state index is 0.241. The lowest BCUT2D eigenvalue weighted by Gasteiger charge is -2.20. The second-order valence-electron chi connectivity index (χ2n) is 7.39. The Bertz CT molecular complexity index is 1280. The van der Waals surface area contributed by atoms with Crippen molar-refractivity contribution in [3.8, 4) is 0 Å². The number of hydrogen-bond acceptors (Lipinski definition) is 5. The van der Waals surface area contributed by atoms with Crippen LogP contribution >= 0.6 is 0 Å². The van der Waals surface area contributed by atoms with Crippen LogP contribution in [0, 0.1) is 6.92 Å². The predicted molar refractivity (Wildman–Crippen MR) is 117 cm³/mol. The lowest BCUT2D eigenvalue weighted by Crippen LogP contribution is -2.29. The molecule has 6 nitrogen and oxygen atoms in total. The number of rotatable bonds is 5. The van der Waals surface area contributed by atoms with Gasteiger partial charge in [-0.15, -0.1) is 0 Å². The molecule has 7 heteroatoms. The van der Waals surface area contributed by atoms with Gasteiger partial charge in [0.2, 0.25) is 0 Å². The molecule has 0 radical (unpaired) electrons. The number of nitrogens with zero attached hydrogens (tertiary/aromatic N) is 1. The molecule has 31 heavy (non-hydrogen) atoms. The molecule has 0 amide bonds. The van der Waals surface area contributed by atoms with Crippen LogP contribution < -0.4 is 4.31 Å². The van der Waals surface area contributed by atoms with E-state index in [9.17, 15) is 18.0 Å². The second kappa shape index (κ2) is 8.00. The SMILES string of the molecule is COC(=O)c1cccc(C(=O)c2ccc3c(c2)CCN3S(=O)(=O)c2ccc(C)cc2)c1. The second-order valence-corrected chi connectivity index (χ2v) is 9.25. The van der Waals surface area contributed by atoms with Crippen LogP contribution in [0.4, 0.5) is 5.69 Å². The van der Waals surface area contributed by atoms with Crippen molar-refractivity contribution in [3.05, 3.63) is 94.5 Å². The van der Waals surface area contributed by atoms with E-state index in [-0.39, 0.29) is 10.7 Å². The lowest BCUT2D eigenvalue weighted by atomic mass is 9.99. The third-order valence-electron chi connectivity index (χ3n) is 5.35. The summed E-state index contributed by atoms with van der Waals surface area (Å²) in [5, 5.41) is 0. The van der Waals surface area contributed by atoms with E-state index in [2.05, 4.69) is 0 Å². The molecule has 0 saturated carbocycles. The van der Waals surface area contributed by atoms with Gasteiger partial charge in [-0.1, -0.05) is 29.8 Å². The molecule has 1 aliphatic rings. The molecule has 4 rings (SSSR count). The summed E-state index contributed by atoms with van der Waals surface area (Å²) in [6, 6.07) is 18.1. The molecule has 0 unspecified atom stereocenters. The molecule has 158 valence electrons. The van der Waals surface area contributed by atoms with Crippen LogP contribution in [-0.2, 0) is 21.2 Å². The number of sulfonamides is 1. The van der Waals surface area contributed by atoms with Gasteiger partial charge in [-0.3, -0.25) is 9.10 Å². The molecular formula is C24H21NO5S. The third kappa shape index (κ3) is 3.84. The molecule has 3 aromatic carbocycles. The van der Waals surface area contributed by atoms with E-state index >= 15 is 0 Å². The summed E-state index contributed by atoms with van der Waals surface area (Å²) >= 11 is 0. The summed E-state index contributed by atoms with van der Waals surface area (Å²) < 4.78 is 32.3. The minimum Gasteiger partial charge on any atom is -0.465 e. The topological polar surface area (TPSA) is 80.8 Å². The number of ether oxygens (including phenoxy) is 1. The van der Waals surface area contributed by atoms with Crippen molar-refractivity contribution in [1.29, 1.82) is 0 Å². The smallest absolute Gasteiger partial charge is 0.337 e. The van der Waals surface area contributed by atoms with Gasteiger partial charge in [0.05, 0.1) is 23.3 Å². The summed E-state index contributed by atoms with van der Waals surface area (Å²) in [4.78, 5) is 24.9. The van der Waals surface area contributed by atoms with Gasteiger partial charge in [0.1, 0.15) is 0 Å². The number of methoxy groups -OCH3 is 1. The van der Waals surface area contributed by atoms with E-state index in [4.69, 9.17) is 4.74 Å². The first-order valence-electron chi connectivity index (χ1n) is 9.76. The molecule has 1 heterocycles. The first-order chi connectivity index (χ1) is 14.8. The zero-order valence-electron chi connectivity index (χ0n) is 17.2. The zero-order chi connectivity index (χ0) is 22.2. The van der Waals surface area contributed by atoms with Crippen molar-refractivity contribution in [1.82, 2.24) is 0 Å². The number of ketones is 1. The van der Waals surface area contributed by atoms with Crippen molar-refractivity contribution >= 4 is 27.5 Å². The van der Waals surface area contributed by atoms with Crippen LogP contribution in [0.25, 0.3) is 0 Å². The molecule has 0 N–H and O–H groups in total. The van der Waals surface area contributed by atoms with E-state index < -0.39 is 16.0 Å². The predicted octanol–water partition coefficient (Wildman–Crippen LogP) is 3.76. The van der Waals surface area contributed by atoms with Gasteiger partial charge >= 0.3 is 5.97 Å². The van der Waals surface area contributed by atoms with Crippen LogP contribution in [0.1, 0.15) is 37.4 Å². The highest BCUT2D eigenvalue weighted by molar-refractivity contribution is 7.92. The van der Waals surface area contributed by atoms with Crippen molar-refractivity contribution in [2.24, 2.45) is 0 Å². The first-order valence-corrected chi connectivity index (χ1v) is 11.2. The fourth-order valence-electron chi connectivity index (χ4n) is 3.67. The third-order valence-corrected chi connectivity index (χ3v) is 7.18. The molecule has 0 saturated heterocycles. The van der Waals surface area contributed by atoms with Gasteiger partial charge in [0, 0.05) is 17.7 Å². The van der Waals surface area contributed by atoms with Crippen molar-refractivity contribution in [2.45, 2.75) is 18.2 Å². The van der Waals surface area contributed by atoms with Crippen molar-refractivity contribution in [3.63, 3.8) is 0 Å². The Hall–Kier alpha value is -3.45. The standard InChI is InChI=1S/C24H21NO5S/c1-16-6-9-21(10-7-16)31(28,29)25-13-12-17-14-19(8-11-22(17)25)23(26)18-4-3-5-20(15-18)24(27)30-2/h3-11,14-15H,12-13H2,1-2H3. The van der Waals surface area contributed by atoms with Gasteiger partial charge in [0.15, 0.2) is 5.78 Å². The maximum Gasteiger partial charge on any atom is 0.337 e. The van der Waals surface area contributed by atoms with Gasteiger partial charge in [0.25, 0.3) is 10.0 Å². The molecule has 0 atom stereocenters. The van der Waals surface area contributed by atoms with Crippen LogP contribution in [0.3, 0.4) is 0 Å². The van der Waals surface area contributed by atoms with E-state index in [0.717, 1.165) is 11.1 Å². The molecule has 1 aliphatic heterocycles. The number of fused-ring (bicyclic) bond motifs is 1. The largest absolute Gasteiger partial charge is 0.465 e. The summed E-state index contributed by atoms with van der Waals surface area (Å²) in [5.74, 6) is -0.756. The zero-order valence-corrected chi connectivity index (χ0v) is 18.0. The summed E-state index contributed by atoms with van der Waals surface area (Å²) in [6.45, 7) is 2.22.